The van der Waals surface area contributed by atoms with E-state index in [9.17, 15) is 9.59 Å². The van der Waals surface area contributed by atoms with E-state index in [0.29, 0.717) is 5.92 Å². The van der Waals surface area contributed by atoms with Crippen molar-refractivity contribution in [1.82, 2.24) is 0 Å². The molecule has 0 spiro atoms. The summed E-state index contributed by atoms with van der Waals surface area (Å²) in [6, 6.07) is 0. The van der Waals surface area contributed by atoms with Crippen LogP contribution in [0.25, 0.3) is 0 Å². The highest BCUT2D eigenvalue weighted by Gasteiger charge is 1.95. The van der Waals surface area contributed by atoms with E-state index in [2.05, 4.69) is 0 Å². The fraction of sp³-hybridized carbons (Fsp3) is 0.818. The van der Waals surface area contributed by atoms with E-state index < -0.39 is 0 Å². The Morgan fingerprint density at radius 2 is 1.31 bits per heavy atom. The molecule has 2 nitrogen and oxygen atoms in total. The molecule has 2 heteroatoms. The lowest BCUT2D eigenvalue weighted by molar-refractivity contribution is -0.120. The number of hydrogen-bond acceptors (Lipinski definition) is 2. The molecule has 0 saturated heterocycles. The normalized spacial score (nSPS) is 9.54. The van der Waals surface area contributed by atoms with Crippen LogP contribution in [-0.4, -0.2) is 11.6 Å². The Morgan fingerprint density at radius 1 is 1.00 bits per heavy atom. The van der Waals surface area contributed by atoms with Gasteiger partial charge in [0.25, 0.3) is 0 Å². The molecule has 0 radical (unpaired) electrons. The van der Waals surface area contributed by atoms with Crippen molar-refractivity contribution in [3.05, 3.63) is 0 Å². The van der Waals surface area contributed by atoms with Crippen LogP contribution in [0.5, 0.6) is 0 Å². The van der Waals surface area contributed by atoms with E-state index in [1.165, 1.54) is 0 Å². The first kappa shape index (κ1) is 14.8. The van der Waals surface area contributed by atoms with Crippen LogP contribution in [-0.2, 0) is 9.59 Å². The van der Waals surface area contributed by atoms with Gasteiger partial charge in [-0.05, 0) is 19.8 Å². The Balaban J connectivity index is 0. The van der Waals surface area contributed by atoms with Gasteiger partial charge in [0.1, 0.15) is 11.6 Å². The molecular formula is C11H22O2. The van der Waals surface area contributed by atoms with Crippen LogP contribution in [0.4, 0.5) is 0 Å². The molecule has 0 rings (SSSR count). The number of carbonyl (C=O) groups is 2. The molecule has 0 saturated carbocycles. The zero-order valence-electron chi connectivity index (χ0n) is 9.68. The second-order valence-electron chi connectivity index (χ2n) is 4.07. The fourth-order valence-corrected chi connectivity index (χ4v) is 0.575. The van der Waals surface area contributed by atoms with Gasteiger partial charge >= 0.3 is 0 Å². The Bertz CT molecular complexity index is 157. The molecule has 0 bridgehead atoms. The predicted molar refractivity (Wildman–Crippen MR) is 55.7 cm³/mol. The minimum atomic E-state index is 0.213. The second-order valence-corrected chi connectivity index (χ2v) is 4.07. The van der Waals surface area contributed by atoms with Crippen molar-refractivity contribution < 1.29 is 9.59 Å². The van der Waals surface area contributed by atoms with Gasteiger partial charge < -0.3 is 4.79 Å². The molecule has 0 aromatic heterocycles. The molecule has 0 fully saturated rings. The van der Waals surface area contributed by atoms with Crippen molar-refractivity contribution in [2.75, 3.05) is 0 Å². The van der Waals surface area contributed by atoms with Crippen LogP contribution in [0.2, 0.25) is 0 Å². The van der Waals surface area contributed by atoms with Gasteiger partial charge in [0, 0.05) is 12.3 Å². The quantitative estimate of drug-likeness (QED) is 0.679. The van der Waals surface area contributed by atoms with Crippen molar-refractivity contribution in [2.24, 2.45) is 11.8 Å². The molecule has 0 aromatic rings. The average molecular weight is 186 g/mol. The standard InChI is InChI=1S/C6H12O.C5H10O/c1-5(2)4-6(3)7;1-4(2)5(3)6/h5H,4H2,1-3H3;4H,1-3H3. The number of Topliss-reactive ketones (excluding diaryl/α,β-unsaturated/α-hetero) is 2. The van der Waals surface area contributed by atoms with E-state index >= 15 is 0 Å². The van der Waals surface area contributed by atoms with Gasteiger partial charge in [-0.25, -0.2) is 0 Å². The van der Waals surface area contributed by atoms with Crippen molar-refractivity contribution in [2.45, 2.75) is 48.0 Å². The van der Waals surface area contributed by atoms with Crippen LogP contribution in [0, 0.1) is 11.8 Å². The van der Waals surface area contributed by atoms with Crippen molar-refractivity contribution in [1.29, 1.82) is 0 Å². The van der Waals surface area contributed by atoms with Crippen molar-refractivity contribution >= 4 is 11.6 Å². The first-order valence-corrected chi connectivity index (χ1v) is 4.77. The third kappa shape index (κ3) is 18.4. The minimum absolute atomic E-state index is 0.213. The average Bonchev–Trinajstić information content (AvgIpc) is 1.84. The van der Waals surface area contributed by atoms with Gasteiger partial charge in [0.05, 0.1) is 0 Å². The fourth-order valence-electron chi connectivity index (χ4n) is 0.575. The van der Waals surface area contributed by atoms with E-state index in [0.717, 1.165) is 6.42 Å². The monoisotopic (exact) mass is 186 g/mol. The maximum atomic E-state index is 10.3. The zero-order valence-corrected chi connectivity index (χ0v) is 9.68. The molecule has 0 unspecified atom stereocenters. The molecule has 0 atom stereocenters. The van der Waals surface area contributed by atoms with Crippen LogP contribution in [0.3, 0.4) is 0 Å². The summed E-state index contributed by atoms with van der Waals surface area (Å²) in [6.45, 7) is 11.1. The highest BCUT2D eigenvalue weighted by Crippen LogP contribution is 1.97. The third-order valence-corrected chi connectivity index (χ3v) is 1.51. The number of ketones is 2. The van der Waals surface area contributed by atoms with E-state index in [1.54, 1.807) is 13.8 Å². The lowest BCUT2D eigenvalue weighted by Crippen LogP contribution is -1.98. The molecule has 78 valence electrons. The maximum absolute atomic E-state index is 10.3. The summed E-state index contributed by atoms with van der Waals surface area (Å²) in [4.78, 5) is 20.4. The van der Waals surface area contributed by atoms with Crippen LogP contribution >= 0.6 is 0 Å². The summed E-state index contributed by atoms with van der Waals surface area (Å²) in [6.07, 6.45) is 0.722. The van der Waals surface area contributed by atoms with Gasteiger partial charge in [0.15, 0.2) is 0 Å². The Morgan fingerprint density at radius 3 is 1.31 bits per heavy atom. The maximum Gasteiger partial charge on any atom is 0.132 e. The van der Waals surface area contributed by atoms with Crippen LogP contribution < -0.4 is 0 Å². The van der Waals surface area contributed by atoms with E-state index in [4.69, 9.17) is 0 Å². The molecule has 0 heterocycles. The summed E-state index contributed by atoms with van der Waals surface area (Å²) < 4.78 is 0. The van der Waals surface area contributed by atoms with Gasteiger partial charge in [-0.1, -0.05) is 27.7 Å². The van der Waals surface area contributed by atoms with Crippen LogP contribution in [0.15, 0.2) is 0 Å². The van der Waals surface area contributed by atoms with Gasteiger partial charge in [0.2, 0.25) is 0 Å². The number of hydrogen-bond donors (Lipinski definition) is 0. The molecule has 0 aliphatic rings. The van der Waals surface area contributed by atoms with Crippen LogP contribution in [0.1, 0.15) is 48.0 Å². The Kier molecular flexibility index (Phi) is 9.09. The molecular weight excluding hydrogens is 164 g/mol. The summed E-state index contributed by atoms with van der Waals surface area (Å²) in [5, 5.41) is 0. The van der Waals surface area contributed by atoms with E-state index in [-0.39, 0.29) is 17.5 Å². The lowest BCUT2D eigenvalue weighted by Gasteiger charge is -1.95. The molecule has 0 aliphatic heterocycles. The van der Waals surface area contributed by atoms with Gasteiger partial charge in [-0.2, -0.15) is 0 Å². The number of rotatable bonds is 3. The molecule has 0 aliphatic carbocycles. The molecule has 13 heavy (non-hydrogen) atoms. The zero-order chi connectivity index (χ0) is 11.0. The Labute approximate surface area is 81.7 Å². The molecule has 0 N–H and O–H groups in total. The topological polar surface area (TPSA) is 34.1 Å². The van der Waals surface area contributed by atoms with Gasteiger partial charge in [-0.15, -0.1) is 0 Å². The molecule has 0 aromatic carbocycles. The highest BCUT2D eigenvalue weighted by atomic mass is 16.1. The smallest absolute Gasteiger partial charge is 0.132 e. The first-order valence-electron chi connectivity index (χ1n) is 4.77. The lowest BCUT2D eigenvalue weighted by atomic mass is 10.1. The predicted octanol–water partition coefficient (Wildman–Crippen LogP) is 2.85. The summed E-state index contributed by atoms with van der Waals surface area (Å²) >= 11 is 0. The van der Waals surface area contributed by atoms with Crippen molar-refractivity contribution in [3.8, 4) is 0 Å². The highest BCUT2D eigenvalue weighted by molar-refractivity contribution is 5.77. The summed E-state index contributed by atoms with van der Waals surface area (Å²) in [5.41, 5.74) is 0. The van der Waals surface area contributed by atoms with Gasteiger partial charge in [-0.3, -0.25) is 4.79 Å². The molecule has 0 amide bonds. The summed E-state index contributed by atoms with van der Waals surface area (Å²) in [5.74, 6) is 1.28. The van der Waals surface area contributed by atoms with E-state index in [1.807, 2.05) is 27.7 Å². The van der Waals surface area contributed by atoms with Crippen molar-refractivity contribution in [3.63, 3.8) is 0 Å². The minimum Gasteiger partial charge on any atom is -0.300 e. The SMILES string of the molecule is CC(=O)C(C)C.CC(=O)CC(C)C. The number of carbonyl (C=O) groups excluding carboxylic acids is 2. The third-order valence-electron chi connectivity index (χ3n) is 1.51. The first-order chi connectivity index (χ1) is 5.77. The second kappa shape index (κ2) is 7.96. The Hall–Kier alpha value is -0.660. The summed E-state index contributed by atoms with van der Waals surface area (Å²) in [7, 11) is 0. The largest absolute Gasteiger partial charge is 0.300 e.